The minimum Gasteiger partial charge on any atom is -0.303 e. The Balaban J connectivity index is 3.44. The molecule has 0 aliphatic rings. The number of rotatable bonds is 4. The highest BCUT2D eigenvalue weighted by Gasteiger charge is 2.12. The van der Waals surface area contributed by atoms with Gasteiger partial charge < -0.3 is 4.79 Å². The van der Waals surface area contributed by atoms with E-state index in [4.69, 9.17) is 23.2 Å². The second-order valence-corrected chi connectivity index (χ2v) is 2.96. The van der Waals surface area contributed by atoms with Gasteiger partial charge in [-0.15, -0.1) is 23.2 Å². The zero-order valence-corrected chi connectivity index (χ0v) is 6.82. The SMILES string of the molecule is CCC(Cl)C(Cl)CC=O. The summed E-state index contributed by atoms with van der Waals surface area (Å²) in [5.74, 6) is 0. The first-order valence-electron chi connectivity index (χ1n) is 2.94. The number of aldehydes is 1. The van der Waals surface area contributed by atoms with Crippen molar-refractivity contribution in [2.24, 2.45) is 0 Å². The largest absolute Gasteiger partial charge is 0.303 e. The Morgan fingerprint density at radius 2 is 2.00 bits per heavy atom. The van der Waals surface area contributed by atoms with E-state index in [0.717, 1.165) is 12.7 Å². The van der Waals surface area contributed by atoms with E-state index in [1.807, 2.05) is 6.92 Å². The van der Waals surface area contributed by atoms with Crippen molar-refractivity contribution in [1.29, 1.82) is 0 Å². The molecule has 0 aromatic rings. The Labute approximate surface area is 65.3 Å². The lowest BCUT2D eigenvalue weighted by molar-refractivity contribution is -0.107. The van der Waals surface area contributed by atoms with Gasteiger partial charge in [0, 0.05) is 6.42 Å². The van der Waals surface area contributed by atoms with Crippen LogP contribution in [0.4, 0.5) is 0 Å². The first-order chi connectivity index (χ1) is 4.22. The molecule has 0 bridgehead atoms. The summed E-state index contributed by atoms with van der Waals surface area (Å²) >= 11 is 11.4. The molecular formula is C6H10Cl2O. The Bertz CT molecular complexity index is 85.1. The summed E-state index contributed by atoms with van der Waals surface area (Å²) in [6.07, 6.45) is 1.95. The molecule has 2 unspecified atom stereocenters. The van der Waals surface area contributed by atoms with E-state index in [9.17, 15) is 4.79 Å². The van der Waals surface area contributed by atoms with Crippen LogP contribution in [0.2, 0.25) is 0 Å². The Kier molecular flexibility index (Phi) is 5.21. The number of carbonyl (C=O) groups is 1. The van der Waals surface area contributed by atoms with Gasteiger partial charge in [0.1, 0.15) is 6.29 Å². The standard InChI is InChI=1S/C6H10Cl2O/c1-2-5(7)6(8)3-4-9/h4-6H,2-3H2,1H3. The molecule has 0 aliphatic heterocycles. The van der Waals surface area contributed by atoms with Crippen molar-refractivity contribution < 1.29 is 4.79 Å². The van der Waals surface area contributed by atoms with Gasteiger partial charge in [0.05, 0.1) is 10.8 Å². The van der Waals surface area contributed by atoms with Crippen molar-refractivity contribution in [2.75, 3.05) is 0 Å². The predicted octanol–water partition coefficient (Wildman–Crippen LogP) is 2.20. The molecule has 0 spiro atoms. The molecule has 1 nitrogen and oxygen atoms in total. The van der Waals surface area contributed by atoms with Gasteiger partial charge in [-0.3, -0.25) is 0 Å². The lowest BCUT2D eigenvalue weighted by atomic mass is 10.2. The van der Waals surface area contributed by atoms with Crippen molar-refractivity contribution in [3.63, 3.8) is 0 Å². The fraction of sp³-hybridized carbons (Fsp3) is 0.833. The second kappa shape index (κ2) is 5.07. The Morgan fingerprint density at radius 1 is 1.44 bits per heavy atom. The molecule has 0 rings (SSSR count). The molecule has 0 aliphatic carbocycles. The number of hydrogen-bond donors (Lipinski definition) is 0. The van der Waals surface area contributed by atoms with Crippen LogP contribution in [0.25, 0.3) is 0 Å². The highest BCUT2D eigenvalue weighted by Crippen LogP contribution is 2.15. The third-order valence-corrected chi connectivity index (χ3v) is 2.33. The van der Waals surface area contributed by atoms with Gasteiger partial charge in [-0.25, -0.2) is 0 Å². The molecule has 0 saturated heterocycles. The van der Waals surface area contributed by atoms with Crippen molar-refractivity contribution in [2.45, 2.75) is 30.5 Å². The Morgan fingerprint density at radius 3 is 2.33 bits per heavy atom. The average Bonchev–Trinajstić information content (AvgIpc) is 1.87. The molecule has 54 valence electrons. The van der Waals surface area contributed by atoms with Gasteiger partial charge in [-0.2, -0.15) is 0 Å². The number of hydrogen-bond acceptors (Lipinski definition) is 1. The molecular weight excluding hydrogens is 159 g/mol. The summed E-state index contributed by atoms with van der Waals surface area (Å²) in [7, 11) is 0. The predicted molar refractivity (Wildman–Crippen MR) is 40.3 cm³/mol. The third-order valence-electron chi connectivity index (χ3n) is 1.10. The van der Waals surface area contributed by atoms with Gasteiger partial charge in [0.15, 0.2) is 0 Å². The summed E-state index contributed by atoms with van der Waals surface area (Å²) in [6.45, 7) is 1.94. The average molecular weight is 169 g/mol. The van der Waals surface area contributed by atoms with Crippen LogP contribution >= 0.6 is 23.2 Å². The minimum absolute atomic E-state index is 0.0723. The van der Waals surface area contributed by atoms with Crippen molar-refractivity contribution in [3.8, 4) is 0 Å². The normalized spacial score (nSPS) is 16.8. The van der Waals surface area contributed by atoms with Gasteiger partial charge in [0.2, 0.25) is 0 Å². The summed E-state index contributed by atoms with van der Waals surface area (Å²) in [5.41, 5.74) is 0. The van der Waals surface area contributed by atoms with Crippen LogP contribution in [0.1, 0.15) is 19.8 Å². The van der Waals surface area contributed by atoms with Crippen LogP contribution in [0.5, 0.6) is 0 Å². The summed E-state index contributed by atoms with van der Waals surface area (Å²) in [4.78, 5) is 9.89. The number of halogens is 2. The van der Waals surface area contributed by atoms with Crippen LogP contribution in [-0.4, -0.2) is 17.0 Å². The van der Waals surface area contributed by atoms with E-state index in [1.165, 1.54) is 0 Å². The molecule has 0 amide bonds. The molecule has 0 N–H and O–H groups in total. The summed E-state index contributed by atoms with van der Waals surface area (Å²) in [6, 6.07) is 0. The molecule has 0 heterocycles. The van der Waals surface area contributed by atoms with E-state index in [-0.39, 0.29) is 10.8 Å². The van der Waals surface area contributed by atoms with Crippen LogP contribution in [0, 0.1) is 0 Å². The topological polar surface area (TPSA) is 17.1 Å². The highest BCUT2D eigenvalue weighted by atomic mass is 35.5. The number of alkyl halides is 2. The fourth-order valence-electron chi connectivity index (χ4n) is 0.495. The van der Waals surface area contributed by atoms with Gasteiger partial charge in [-0.1, -0.05) is 6.92 Å². The third kappa shape index (κ3) is 3.77. The lowest BCUT2D eigenvalue weighted by Gasteiger charge is -2.09. The summed E-state index contributed by atoms with van der Waals surface area (Å²) in [5, 5.41) is -0.272. The van der Waals surface area contributed by atoms with Crippen LogP contribution < -0.4 is 0 Å². The van der Waals surface area contributed by atoms with Crippen LogP contribution in [0.3, 0.4) is 0 Å². The molecule has 3 heteroatoms. The minimum atomic E-state index is -0.200. The van der Waals surface area contributed by atoms with Crippen LogP contribution in [-0.2, 0) is 4.79 Å². The van der Waals surface area contributed by atoms with Gasteiger partial charge in [-0.05, 0) is 6.42 Å². The van der Waals surface area contributed by atoms with E-state index in [1.54, 1.807) is 0 Å². The fourth-order valence-corrected chi connectivity index (χ4v) is 0.849. The van der Waals surface area contributed by atoms with Crippen molar-refractivity contribution >= 4 is 29.5 Å². The maximum absolute atomic E-state index is 9.89. The molecule has 0 fully saturated rings. The first-order valence-corrected chi connectivity index (χ1v) is 3.81. The maximum Gasteiger partial charge on any atom is 0.121 e. The first kappa shape index (κ1) is 9.25. The molecule has 0 aromatic heterocycles. The van der Waals surface area contributed by atoms with Gasteiger partial charge in [0.25, 0.3) is 0 Å². The maximum atomic E-state index is 9.89. The zero-order chi connectivity index (χ0) is 7.28. The summed E-state index contributed by atoms with van der Waals surface area (Å²) < 4.78 is 0. The van der Waals surface area contributed by atoms with Gasteiger partial charge >= 0.3 is 0 Å². The van der Waals surface area contributed by atoms with Crippen LogP contribution in [0.15, 0.2) is 0 Å². The molecule has 2 atom stereocenters. The van der Waals surface area contributed by atoms with E-state index >= 15 is 0 Å². The Hall–Kier alpha value is 0.250. The number of carbonyl (C=O) groups excluding carboxylic acids is 1. The molecule has 0 aromatic carbocycles. The molecule has 0 saturated carbocycles. The monoisotopic (exact) mass is 168 g/mol. The van der Waals surface area contributed by atoms with E-state index < -0.39 is 0 Å². The van der Waals surface area contributed by atoms with E-state index in [0.29, 0.717) is 6.42 Å². The molecule has 9 heavy (non-hydrogen) atoms. The lowest BCUT2D eigenvalue weighted by Crippen LogP contribution is -2.13. The van der Waals surface area contributed by atoms with Crippen molar-refractivity contribution in [1.82, 2.24) is 0 Å². The van der Waals surface area contributed by atoms with Crippen molar-refractivity contribution in [3.05, 3.63) is 0 Å². The van der Waals surface area contributed by atoms with E-state index in [2.05, 4.69) is 0 Å². The quantitative estimate of drug-likeness (QED) is 0.465. The zero-order valence-electron chi connectivity index (χ0n) is 5.31. The second-order valence-electron chi connectivity index (χ2n) is 1.84. The molecule has 0 radical (unpaired) electrons. The smallest absolute Gasteiger partial charge is 0.121 e. The highest BCUT2D eigenvalue weighted by molar-refractivity contribution is 6.30.